The predicted molar refractivity (Wildman–Crippen MR) is 77.7 cm³/mol. The molecule has 1 N–H and O–H groups in total. The van der Waals surface area contributed by atoms with E-state index in [0.29, 0.717) is 18.3 Å². The van der Waals surface area contributed by atoms with Crippen LogP contribution in [-0.4, -0.2) is 51.5 Å². The fourth-order valence-electron chi connectivity index (χ4n) is 3.40. The molecule has 1 aliphatic heterocycles. The van der Waals surface area contributed by atoms with Gasteiger partial charge >= 0.3 is 5.97 Å². The highest BCUT2D eigenvalue weighted by atomic mass is 16.5. The number of carboxylic acid groups (broad SMARTS) is 1. The molecule has 1 aromatic heterocycles. The number of likely N-dealkylation sites (tertiary alicyclic amines) is 1. The lowest BCUT2D eigenvalue weighted by molar-refractivity contribution is 0.0673. The van der Waals surface area contributed by atoms with E-state index in [0.717, 1.165) is 45.1 Å². The van der Waals surface area contributed by atoms with E-state index in [-0.39, 0.29) is 11.8 Å². The van der Waals surface area contributed by atoms with Gasteiger partial charge in [-0.3, -0.25) is 4.68 Å². The Morgan fingerprint density at radius 3 is 2.76 bits per heavy atom. The monoisotopic (exact) mass is 293 g/mol. The molecule has 0 radical (unpaired) electrons. The van der Waals surface area contributed by atoms with Crippen molar-refractivity contribution in [3.63, 3.8) is 0 Å². The van der Waals surface area contributed by atoms with Crippen molar-refractivity contribution >= 4 is 5.97 Å². The number of carbonyl (C=O) groups is 1. The lowest BCUT2D eigenvalue weighted by atomic mass is 10.2. The molecule has 6 heteroatoms. The molecule has 6 nitrogen and oxygen atoms in total. The van der Waals surface area contributed by atoms with Crippen LogP contribution in [0.3, 0.4) is 0 Å². The number of hydrogen-bond acceptors (Lipinski definition) is 4. The van der Waals surface area contributed by atoms with Crippen molar-refractivity contribution in [2.45, 2.75) is 57.2 Å². The maximum Gasteiger partial charge on any atom is 0.358 e. The molecule has 21 heavy (non-hydrogen) atoms. The van der Waals surface area contributed by atoms with Gasteiger partial charge in [-0.15, -0.1) is 0 Å². The first kappa shape index (κ1) is 14.4. The summed E-state index contributed by atoms with van der Waals surface area (Å²) in [6.07, 6.45) is 8.31. The standard InChI is InChI=1S/C15H23N3O3/c1-17-8-4-5-11(17)10-18-14(15(19)20)13(9-16-18)21-12-6-2-3-7-12/h9,11-12H,2-8,10H2,1H3,(H,19,20). The van der Waals surface area contributed by atoms with Gasteiger partial charge in [-0.05, 0) is 52.1 Å². The summed E-state index contributed by atoms with van der Waals surface area (Å²) in [5.74, 6) is -0.531. The van der Waals surface area contributed by atoms with Gasteiger partial charge < -0.3 is 14.7 Å². The lowest BCUT2D eigenvalue weighted by Gasteiger charge is -2.20. The lowest BCUT2D eigenvalue weighted by Crippen LogP contribution is -2.31. The normalized spacial score (nSPS) is 23.8. The van der Waals surface area contributed by atoms with Crippen LogP contribution in [0.5, 0.6) is 5.75 Å². The van der Waals surface area contributed by atoms with E-state index in [2.05, 4.69) is 17.0 Å². The summed E-state index contributed by atoms with van der Waals surface area (Å²) < 4.78 is 7.46. The second kappa shape index (κ2) is 6.05. The maximum absolute atomic E-state index is 11.6. The van der Waals surface area contributed by atoms with Crippen LogP contribution in [0.15, 0.2) is 6.20 Å². The maximum atomic E-state index is 11.6. The topological polar surface area (TPSA) is 67.6 Å². The average Bonchev–Trinajstić information content (AvgIpc) is 3.14. The SMILES string of the molecule is CN1CCCC1Cn1ncc(OC2CCCC2)c1C(=O)O. The minimum absolute atomic E-state index is 0.148. The second-order valence-corrected chi connectivity index (χ2v) is 6.15. The fraction of sp³-hybridized carbons (Fsp3) is 0.733. The van der Waals surface area contributed by atoms with Crippen LogP contribution >= 0.6 is 0 Å². The number of likely N-dealkylation sites (N-methyl/N-ethyl adjacent to an activating group) is 1. The summed E-state index contributed by atoms with van der Waals surface area (Å²) >= 11 is 0. The number of carboxylic acids is 1. The van der Waals surface area contributed by atoms with Gasteiger partial charge in [-0.1, -0.05) is 0 Å². The second-order valence-electron chi connectivity index (χ2n) is 6.15. The zero-order chi connectivity index (χ0) is 14.8. The van der Waals surface area contributed by atoms with Crippen molar-refractivity contribution in [2.75, 3.05) is 13.6 Å². The molecule has 1 saturated carbocycles. The van der Waals surface area contributed by atoms with Crippen molar-refractivity contribution in [1.82, 2.24) is 14.7 Å². The van der Waals surface area contributed by atoms with Crippen LogP contribution in [0, 0.1) is 0 Å². The Kier molecular flexibility index (Phi) is 4.14. The summed E-state index contributed by atoms with van der Waals surface area (Å²) in [5.41, 5.74) is 0.196. The van der Waals surface area contributed by atoms with E-state index in [9.17, 15) is 9.90 Å². The van der Waals surface area contributed by atoms with Gasteiger partial charge in [0.2, 0.25) is 0 Å². The highest BCUT2D eigenvalue weighted by Crippen LogP contribution is 2.27. The predicted octanol–water partition coefficient (Wildman–Crippen LogP) is 2.00. The molecular formula is C15H23N3O3. The highest BCUT2D eigenvalue weighted by Gasteiger charge is 2.27. The van der Waals surface area contributed by atoms with Crippen molar-refractivity contribution in [3.05, 3.63) is 11.9 Å². The van der Waals surface area contributed by atoms with E-state index < -0.39 is 5.97 Å². The smallest absolute Gasteiger partial charge is 0.358 e. The summed E-state index contributed by atoms with van der Waals surface area (Å²) in [7, 11) is 2.08. The van der Waals surface area contributed by atoms with E-state index in [1.165, 1.54) is 0 Å². The van der Waals surface area contributed by atoms with E-state index >= 15 is 0 Å². The zero-order valence-electron chi connectivity index (χ0n) is 12.5. The number of nitrogens with zero attached hydrogens (tertiary/aromatic N) is 3. The van der Waals surface area contributed by atoms with Gasteiger partial charge in [0.25, 0.3) is 0 Å². The Bertz CT molecular complexity index is 508. The largest absolute Gasteiger partial charge is 0.486 e. The molecule has 2 fully saturated rings. The van der Waals surface area contributed by atoms with Gasteiger partial charge in [0.1, 0.15) is 0 Å². The van der Waals surface area contributed by atoms with Gasteiger partial charge in [-0.25, -0.2) is 4.79 Å². The van der Waals surface area contributed by atoms with E-state index in [4.69, 9.17) is 4.74 Å². The van der Waals surface area contributed by atoms with Crippen LogP contribution < -0.4 is 4.74 Å². The Labute approximate surface area is 124 Å². The molecule has 0 spiro atoms. The Morgan fingerprint density at radius 1 is 1.38 bits per heavy atom. The van der Waals surface area contributed by atoms with Gasteiger partial charge in [0, 0.05) is 6.04 Å². The third kappa shape index (κ3) is 3.05. The minimum atomic E-state index is -0.957. The third-order valence-corrected chi connectivity index (χ3v) is 4.66. The molecule has 0 amide bonds. The first-order chi connectivity index (χ1) is 10.1. The molecule has 1 atom stereocenters. The minimum Gasteiger partial charge on any atom is -0.486 e. The Morgan fingerprint density at radius 2 is 2.14 bits per heavy atom. The molecule has 0 aromatic carbocycles. The molecule has 3 rings (SSSR count). The van der Waals surface area contributed by atoms with Crippen LogP contribution in [0.2, 0.25) is 0 Å². The fourth-order valence-corrected chi connectivity index (χ4v) is 3.40. The van der Waals surface area contributed by atoms with Crippen LogP contribution in [0.1, 0.15) is 49.0 Å². The quantitative estimate of drug-likeness (QED) is 0.899. The average molecular weight is 293 g/mol. The summed E-state index contributed by atoms with van der Waals surface area (Å²) in [6, 6.07) is 0.363. The van der Waals surface area contributed by atoms with Gasteiger partial charge in [0.05, 0.1) is 18.8 Å². The molecule has 0 bridgehead atoms. The molecule has 1 unspecified atom stereocenters. The Balaban J connectivity index is 1.76. The molecule has 116 valence electrons. The van der Waals surface area contributed by atoms with Crippen LogP contribution in [0.25, 0.3) is 0 Å². The zero-order valence-corrected chi connectivity index (χ0v) is 12.5. The third-order valence-electron chi connectivity index (χ3n) is 4.66. The van der Waals surface area contributed by atoms with Crippen LogP contribution in [0.4, 0.5) is 0 Å². The summed E-state index contributed by atoms with van der Waals surface area (Å²) in [4.78, 5) is 13.8. The van der Waals surface area contributed by atoms with Crippen molar-refractivity contribution < 1.29 is 14.6 Å². The van der Waals surface area contributed by atoms with E-state index in [1.807, 2.05) is 0 Å². The first-order valence-corrected chi connectivity index (χ1v) is 7.81. The molecule has 1 saturated heterocycles. The van der Waals surface area contributed by atoms with Crippen molar-refractivity contribution in [1.29, 1.82) is 0 Å². The number of ether oxygens (including phenoxy) is 1. The van der Waals surface area contributed by atoms with Gasteiger partial charge in [-0.2, -0.15) is 5.10 Å². The van der Waals surface area contributed by atoms with Crippen LogP contribution in [-0.2, 0) is 6.54 Å². The highest BCUT2D eigenvalue weighted by molar-refractivity contribution is 5.88. The summed E-state index contributed by atoms with van der Waals surface area (Å²) in [5, 5.41) is 13.8. The van der Waals surface area contributed by atoms with Crippen molar-refractivity contribution in [3.8, 4) is 5.75 Å². The molecule has 2 aliphatic rings. The molecule has 1 aliphatic carbocycles. The van der Waals surface area contributed by atoms with Crippen molar-refractivity contribution in [2.24, 2.45) is 0 Å². The number of rotatable bonds is 5. The molecular weight excluding hydrogens is 270 g/mol. The molecule has 2 heterocycles. The summed E-state index contributed by atoms with van der Waals surface area (Å²) in [6.45, 7) is 1.69. The molecule has 1 aromatic rings. The first-order valence-electron chi connectivity index (χ1n) is 7.81. The number of hydrogen-bond donors (Lipinski definition) is 1. The number of aromatic nitrogens is 2. The Hall–Kier alpha value is -1.56. The number of aromatic carboxylic acids is 1. The van der Waals surface area contributed by atoms with Gasteiger partial charge in [0.15, 0.2) is 11.4 Å². The van der Waals surface area contributed by atoms with E-state index in [1.54, 1.807) is 10.9 Å².